The molecule has 1 aliphatic rings. The van der Waals surface area contributed by atoms with Crippen LogP contribution in [0.3, 0.4) is 0 Å². The molecule has 0 saturated carbocycles. The van der Waals surface area contributed by atoms with Crippen LogP contribution in [0.4, 0.5) is 10.1 Å². The first-order valence-corrected chi connectivity index (χ1v) is 10.4. The first kappa shape index (κ1) is 19.1. The summed E-state index contributed by atoms with van der Waals surface area (Å²) in [4.78, 5) is 12.6. The zero-order chi connectivity index (χ0) is 19.6. The van der Waals surface area contributed by atoms with Crippen molar-refractivity contribution in [1.82, 2.24) is 5.32 Å². The fourth-order valence-corrected chi connectivity index (χ4v) is 4.15. The summed E-state index contributed by atoms with van der Waals surface area (Å²) in [5.41, 5.74) is 2.05. The van der Waals surface area contributed by atoms with E-state index in [-0.39, 0.29) is 18.5 Å². The van der Waals surface area contributed by atoms with Gasteiger partial charge in [0.15, 0.2) is 0 Å². The van der Waals surface area contributed by atoms with Crippen molar-refractivity contribution in [1.29, 1.82) is 0 Å². The van der Waals surface area contributed by atoms with Gasteiger partial charge in [0.2, 0.25) is 15.9 Å². The van der Waals surface area contributed by atoms with Gasteiger partial charge in [-0.05, 0) is 37.1 Å². The van der Waals surface area contributed by atoms with Crippen molar-refractivity contribution < 1.29 is 17.6 Å². The minimum absolute atomic E-state index is 0.289. The Bertz CT molecular complexity index is 1000. The van der Waals surface area contributed by atoms with Crippen LogP contribution in [0.2, 0.25) is 0 Å². The Morgan fingerprint density at radius 3 is 2.56 bits per heavy atom. The molecule has 0 spiro atoms. The van der Waals surface area contributed by atoms with E-state index in [9.17, 15) is 17.6 Å². The van der Waals surface area contributed by atoms with Crippen LogP contribution in [0.1, 0.15) is 30.5 Å². The van der Waals surface area contributed by atoms with Gasteiger partial charge in [-0.25, -0.2) is 12.8 Å². The quantitative estimate of drug-likeness (QED) is 0.818. The number of benzene rings is 2. The van der Waals surface area contributed by atoms with Crippen LogP contribution >= 0.6 is 0 Å². The van der Waals surface area contributed by atoms with Crippen molar-refractivity contribution in [2.45, 2.75) is 19.4 Å². The van der Waals surface area contributed by atoms with E-state index in [1.165, 1.54) is 22.7 Å². The maximum atomic E-state index is 13.8. The second-order valence-electron chi connectivity index (χ2n) is 6.56. The van der Waals surface area contributed by atoms with Crippen LogP contribution in [0, 0.1) is 5.82 Å². The van der Waals surface area contributed by atoms with Gasteiger partial charge in [0.25, 0.3) is 0 Å². The summed E-state index contributed by atoms with van der Waals surface area (Å²) in [6.45, 7) is 1.91. The van der Waals surface area contributed by atoms with Crippen LogP contribution in [-0.2, 0) is 14.8 Å². The van der Waals surface area contributed by atoms with E-state index in [0.717, 1.165) is 5.56 Å². The van der Waals surface area contributed by atoms with Crippen molar-refractivity contribution in [3.05, 3.63) is 71.0 Å². The molecule has 0 aliphatic carbocycles. The lowest BCUT2D eigenvalue weighted by molar-refractivity contribution is -0.118. The average Bonchev–Trinajstić information content (AvgIpc) is 2.62. The summed E-state index contributed by atoms with van der Waals surface area (Å²) < 4.78 is 39.2. The molecule has 0 fully saturated rings. The smallest absolute Gasteiger partial charge is 0.247 e. The molecule has 1 N–H and O–H groups in total. The lowest BCUT2D eigenvalue weighted by Gasteiger charge is -2.34. The third kappa shape index (κ3) is 4.19. The van der Waals surface area contributed by atoms with Gasteiger partial charge in [-0.1, -0.05) is 36.4 Å². The normalized spacial score (nSPS) is 17.4. The third-order valence-electron chi connectivity index (χ3n) is 4.54. The second-order valence-corrected chi connectivity index (χ2v) is 8.46. The molecule has 1 heterocycles. The van der Waals surface area contributed by atoms with Crippen LogP contribution < -0.4 is 9.62 Å². The Morgan fingerprint density at radius 1 is 1.19 bits per heavy atom. The van der Waals surface area contributed by atoms with Gasteiger partial charge in [0.1, 0.15) is 5.82 Å². The van der Waals surface area contributed by atoms with Crippen molar-refractivity contribution >= 4 is 27.7 Å². The molecule has 2 aromatic rings. The molecule has 142 valence electrons. The van der Waals surface area contributed by atoms with Gasteiger partial charge in [-0.2, -0.15) is 0 Å². The number of carbonyl (C=O) groups excluding carboxylic acids is 1. The molecule has 2 aromatic carbocycles. The first-order valence-electron chi connectivity index (χ1n) is 8.57. The highest BCUT2D eigenvalue weighted by Gasteiger charge is 2.30. The maximum absolute atomic E-state index is 13.8. The van der Waals surface area contributed by atoms with E-state index in [1.807, 2.05) is 12.1 Å². The molecule has 0 bridgehead atoms. The van der Waals surface area contributed by atoms with Gasteiger partial charge in [-0.15, -0.1) is 0 Å². The Balaban J connectivity index is 1.83. The van der Waals surface area contributed by atoms with E-state index in [1.54, 1.807) is 37.3 Å². The summed E-state index contributed by atoms with van der Waals surface area (Å²) >= 11 is 0. The number of sulfonamides is 1. The lowest BCUT2D eigenvalue weighted by Crippen LogP contribution is -2.40. The Labute approximate surface area is 158 Å². The van der Waals surface area contributed by atoms with Crippen LogP contribution in [0.5, 0.6) is 0 Å². The molecule has 0 aromatic heterocycles. The number of anilines is 1. The summed E-state index contributed by atoms with van der Waals surface area (Å²) in [5, 5.41) is 2.94. The molecular weight excluding hydrogens is 367 g/mol. The lowest BCUT2D eigenvalue weighted by atomic mass is 9.97. The first-order chi connectivity index (χ1) is 12.8. The number of amides is 1. The predicted octanol–water partition coefficient (Wildman–Crippen LogP) is 3.26. The minimum Gasteiger partial charge on any atom is -0.345 e. The standard InChI is InChI=1S/C20H21FN2O3S/c1-14(13-15-7-3-5-9-17(15)21)20(24)22-18-11-12-23(27(2,25)26)19-10-6-4-8-16(18)19/h3-10,13,18H,11-12H2,1-2H3,(H,22,24)/b14-13+. The fourth-order valence-electron chi connectivity index (χ4n) is 3.19. The number of nitrogens with zero attached hydrogens (tertiary/aromatic N) is 1. The predicted molar refractivity (Wildman–Crippen MR) is 104 cm³/mol. The van der Waals surface area contributed by atoms with Gasteiger partial charge < -0.3 is 5.32 Å². The monoisotopic (exact) mass is 388 g/mol. The highest BCUT2D eigenvalue weighted by atomic mass is 32.2. The highest BCUT2D eigenvalue weighted by Crippen LogP contribution is 2.35. The summed E-state index contributed by atoms with van der Waals surface area (Å²) in [6.07, 6.45) is 3.13. The third-order valence-corrected chi connectivity index (χ3v) is 5.72. The molecule has 5 nitrogen and oxygen atoms in total. The maximum Gasteiger partial charge on any atom is 0.247 e. The van der Waals surface area contributed by atoms with Gasteiger partial charge in [0.05, 0.1) is 18.0 Å². The average molecular weight is 388 g/mol. The van der Waals surface area contributed by atoms with Crippen LogP contribution in [0.25, 0.3) is 6.08 Å². The van der Waals surface area contributed by atoms with Crippen molar-refractivity contribution in [2.24, 2.45) is 0 Å². The van der Waals surface area contributed by atoms with Crippen molar-refractivity contribution in [3.8, 4) is 0 Å². The number of halogens is 1. The molecule has 0 saturated heterocycles. The number of nitrogens with one attached hydrogen (secondary N) is 1. The fraction of sp³-hybridized carbons (Fsp3) is 0.250. The Kier molecular flexibility index (Phi) is 5.32. The van der Waals surface area contributed by atoms with E-state index >= 15 is 0 Å². The highest BCUT2D eigenvalue weighted by molar-refractivity contribution is 7.92. The molecule has 3 rings (SSSR count). The van der Waals surface area contributed by atoms with E-state index in [0.29, 0.717) is 23.2 Å². The van der Waals surface area contributed by atoms with Crippen LogP contribution in [0.15, 0.2) is 54.1 Å². The molecule has 1 aliphatic heterocycles. The van der Waals surface area contributed by atoms with E-state index < -0.39 is 15.8 Å². The van der Waals surface area contributed by atoms with Crippen LogP contribution in [-0.4, -0.2) is 27.1 Å². The molecule has 0 radical (unpaired) electrons. The summed E-state index contributed by atoms with van der Waals surface area (Å²) in [7, 11) is -3.39. The van der Waals surface area contributed by atoms with E-state index in [2.05, 4.69) is 5.32 Å². The molecule has 1 amide bonds. The Morgan fingerprint density at radius 2 is 1.85 bits per heavy atom. The number of hydrogen-bond acceptors (Lipinski definition) is 3. The number of fused-ring (bicyclic) bond motifs is 1. The summed E-state index contributed by atoms with van der Waals surface area (Å²) in [5.74, 6) is -0.706. The van der Waals surface area contributed by atoms with Crippen molar-refractivity contribution in [2.75, 3.05) is 17.1 Å². The number of hydrogen-bond donors (Lipinski definition) is 1. The molecule has 1 unspecified atom stereocenters. The van der Waals surface area contributed by atoms with Gasteiger partial charge >= 0.3 is 0 Å². The zero-order valence-electron chi connectivity index (χ0n) is 15.1. The molecule has 27 heavy (non-hydrogen) atoms. The van der Waals surface area contributed by atoms with E-state index in [4.69, 9.17) is 0 Å². The minimum atomic E-state index is -3.39. The number of para-hydroxylation sites is 1. The van der Waals surface area contributed by atoms with Gasteiger partial charge in [-0.3, -0.25) is 9.10 Å². The second kappa shape index (κ2) is 7.52. The SMILES string of the molecule is C/C(=C\c1ccccc1F)C(=O)NC1CCN(S(C)(=O)=O)c2ccccc21. The topological polar surface area (TPSA) is 66.5 Å². The summed E-state index contributed by atoms with van der Waals surface area (Å²) in [6, 6.07) is 13.1. The molecular formula is C20H21FN2O3S. The number of carbonyl (C=O) groups is 1. The Hall–Kier alpha value is -2.67. The number of rotatable bonds is 4. The van der Waals surface area contributed by atoms with Crippen molar-refractivity contribution in [3.63, 3.8) is 0 Å². The largest absolute Gasteiger partial charge is 0.345 e. The molecule has 1 atom stereocenters. The van der Waals surface area contributed by atoms with Gasteiger partial charge in [0, 0.05) is 17.7 Å². The molecule has 7 heteroatoms. The zero-order valence-corrected chi connectivity index (χ0v) is 16.0.